The molecule has 1 aliphatic heterocycles. The number of benzene rings is 1. The number of aromatic nitrogens is 4. The molecule has 1 amide bonds. The Morgan fingerprint density at radius 3 is 2.56 bits per heavy atom. The molecule has 1 saturated heterocycles. The fourth-order valence-electron chi connectivity index (χ4n) is 5.73. The zero-order valence-corrected chi connectivity index (χ0v) is 21.0. The Morgan fingerprint density at radius 2 is 1.81 bits per heavy atom. The quantitative estimate of drug-likeness (QED) is 0.517. The lowest BCUT2D eigenvalue weighted by Crippen LogP contribution is -2.52. The summed E-state index contributed by atoms with van der Waals surface area (Å²) in [7, 11) is 1.66. The van der Waals surface area contributed by atoms with Crippen LogP contribution in [-0.2, 0) is 0 Å². The number of methoxy groups -OCH3 is 1. The predicted octanol–water partition coefficient (Wildman–Crippen LogP) is 4.31. The molecule has 6 rings (SSSR count). The number of nitrogens with zero attached hydrogens (tertiary/aromatic N) is 6. The van der Waals surface area contributed by atoms with Crippen LogP contribution in [0.3, 0.4) is 0 Å². The summed E-state index contributed by atoms with van der Waals surface area (Å²) in [4.78, 5) is 27.6. The van der Waals surface area contributed by atoms with Crippen molar-refractivity contribution in [2.45, 2.75) is 56.9 Å². The summed E-state index contributed by atoms with van der Waals surface area (Å²) >= 11 is 0. The molecule has 2 aliphatic carbocycles. The maximum atomic E-state index is 13.6. The number of carbonyl (C=O) groups excluding carboxylic acids is 1. The zero-order valence-electron chi connectivity index (χ0n) is 21.0. The molecule has 3 aliphatic rings. The summed E-state index contributed by atoms with van der Waals surface area (Å²) in [6.45, 7) is 3.50. The molecule has 2 aromatic heterocycles. The minimum Gasteiger partial charge on any atom is -0.497 e. The first kappa shape index (κ1) is 23.2. The highest BCUT2D eigenvalue weighted by molar-refractivity contribution is 5.95. The van der Waals surface area contributed by atoms with Crippen molar-refractivity contribution in [2.24, 2.45) is 0 Å². The number of carbonyl (C=O) groups is 1. The van der Waals surface area contributed by atoms with E-state index in [1.165, 1.54) is 32.1 Å². The van der Waals surface area contributed by atoms with Crippen molar-refractivity contribution < 1.29 is 9.53 Å². The molecule has 0 radical (unpaired) electrons. The largest absolute Gasteiger partial charge is 0.497 e. The molecule has 1 aromatic carbocycles. The van der Waals surface area contributed by atoms with Crippen molar-refractivity contribution in [3.63, 3.8) is 0 Å². The normalized spacial score (nSPS) is 19.4. The molecule has 36 heavy (non-hydrogen) atoms. The van der Waals surface area contributed by atoms with Gasteiger partial charge in [0.2, 0.25) is 0 Å². The molecule has 8 heteroatoms. The van der Waals surface area contributed by atoms with E-state index < -0.39 is 0 Å². The van der Waals surface area contributed by atoms with Gasteiger partial charge >= 0.3 is 0 Å². The summed E-state index contributed by atoms with van der Waals surface area (Å²) in [5.74, 6) is 1.70. The van der Waals surface area contributed by atoms with Crippen molar-refractivity contribution in [3.8, 4) is 23.0 Å². The van der Waals surface area contributed by atoms with Crippen LogP contribution in [0.4, 0.5) is 0 Å². The first-order valence-electron chi connectivity index (χ1n) is 13.3. The lowest BCUT2D eigenvalue weighted by molar-refractivity contribution is 0.0522. The van der Waals surface area contributed by atoms with Crippen LogP contribution in [0.15, 0.2) is 42.7 Å². The van der Waals surface area contributed by atoms with Gasteiger partial charge in [0, 0.05) is 49.9 Å². The Bertz CT molecular complexity index is 1220. The van der Waals surface area contributed by atoms with Gasteiger partial charge in [-0.05, 0) is 43.9 Å². The van der Waals surface area contributed by atoms with Gasteiger partial charge in [0.15, 0.2) is 0 Å². The van der Waals surface area contributed by atoms with Gasteiger partial charge in [-0.3, -0.25) is 9.69 Å². The fourth-order valence-corrected chi connectivity index (χ4v) is 5.73. The molecule has 0 unspecified atom stereocenters. The van der Waals surface area contributed by atoms with Gasteiger partial charge in [-0.2, -0.15) is 5.10 Å². The highest BCUT2D eigenvalue weighted by Crippen LogP contribution is 2.42. The van der Waals surface area contributed by atoms with Crippen LogP contribution < -0.4 is 4.74 Å². The second kappa shape index (κ2) is 10.0. The van der Waals surface area contributed by atoms with E-state index in [0.717, 1.165) is 61.7 Å². The van der Waals surface area contributed by atoms with E-state index in [1.807, 2.05) is 35.2 Å². The van der Waals surface area contributed by atoms with Gasteiger partial charge in [-0.1, -0.05) is 31.4 Å². The lowest BCUT2D eigenvalue weighted by atomic mass is 9.94. The minimum absolute atomic E-state index is 0.0930. The molecular formula is C28H34N6O2. The monoisotopic (exact) mass is 486 g/mol. The standard InChI is InChI=1S/C28H34N6O2/c1-36-23-9-5-6-21(18-23)25-12-13-29-28(31-25)34-26(20-10-11-20)24(19-30-34)27(35)33-16-14-32(15-17-33)22-7-3-2-4-8-22/h5-6,9,12-13,18-20,22H,2-4,7-8,10-11,14-17H2,1H3. The Labute approximate surface area is 212 Å². The van der Waals surface area contributed by atoms with E-state index in [0.29, 0.717) is 23.5 Å². The molecule has 0 atom stereocenters. The van der Waals surface area contributed by atoms with Gasteiger partial charge in [-0.15, -0.1) is 0 Å². The molecule has 8 nitrogen and oxygen atoms in total. The molecule has 188 valence electrons. The molecule has 0 N–H and O–H groups in total. The topological polar surface area (TPSA) is 76.4 Å². The Hall–Kier alpha value is -3.26. The summed E-state index contributed by atoms with van der Waals surface area (Å²) < 4.78 is 7.16. The maximum Gasteiger partial charge on any atom is 0.257 e. The number of rotatable bonds is 6. The predicted molar refractivity (Wildman–Crippen MR) is 137 cm³/mol. The average molecular weight is 487 g/mol. The Kier molecular flexibility index (Phi) is 6.44. The summed E-state index contributed by atoms with van der Waals surface area (Å²) in [6.07, 6.45) is 12.3. The van der Waals surface area contributed by atoms with E-state index in [4.69, 9.17) is 9.72 Å². The molecule has 3 heterocycles. The summed E-state index contributed by atoms with van der Waals surface area (Å²) in [6, 6.07) is 10.4. The molecule has 3 fully saturated rings. The van der Waals surface area contributed by atoms with E-state index in [9.17, 15) is 4.79 Å². The van der Waals surface area contributed by atoms with Crippen LogP contribution in [0.5, 0.6) is 5.75 Å². The van der Waals surface area contributed by atoms with E-state index in [1.54, 1.807) is 24.2 Å². The van der Waals surface area contributed by atoms with Gasteiger partial charge in [0.05, 0.1) is 30.3 Å². The summed E-state index contributed by atoms with van der Waals surface area (Å²) in [5.41, 5.74) is 3.41. The number of hydrogen-bond donors (Lipinski definition) is 0. The third kappa shape index (κ3) is 4.62. The highest BCUT2D eigenvalue weighted by Gasteiger charge is 2.36. The van der Waals surface area contributed by atoms with Crippen LogP contribution in [0.1, 0.15) is 66.9 Å². The molecule has 2 saturated carbocycles. The third-order valence-electron chi connectivity index (χ3n) is 7.89. The number of piperazine rings is 1. The second-order valence-electron chi connectivity index (χ2n) is 10.2. The van der Waals surface area contributed by atoms with Crippen LogP contribution in [0, 0.1) is 0 Å². The first-order valence-corrected chi connectivity index (χ1v) is 13.3. The van der Waals surface area contributed by atoms with Crippen molar-refractivity contribution in [1.29, 1.82) is 0 Å². The maximum absolute atomic E-state index is 13.6. The molecule has 0 spiro atoms. The van der Waals surface area contributed by atoms with Crippen molar-refractivity contribution in [2.75, 3.05) is 33.3 Å². The summed E-state index contributed by atoms with van der Waals surface area (Å²) in [5, 5.41) is 4.63. The van der Waals surface area contributed by atoms with Crippen molar-refractivity contribution in [1.82, 2.24) is 29.5 Å². The minimum atomic E-state index is 0.0930. The zero-order chi connectivity index (χ0) is 24.5. The lowest BCUT2D eigenvalue weighted by Gasteiger charge is -2.40. The van der Waals surface area contributed by atoms with Crippen LogP contribution in [-0.4, -0.2) is 74.8 Å². The van der Waals surface area contributed by atoms with Crippen LogP contribution >= 0.6 is 0 Å². The van der Waals surface area contributed by atoms with E-state index >= 15 is 0 Å². The Balaban J connectivity index is 1.23. The molecule has 0 bridgehead atoms. The van der Waals surface area contributed by atoms with Gasteiger partial charge in [0.25, 0.3) is 11.9 Å². The van der Waals surface area contributed by atoms with E-state index in [2.05, 4.69) is 15.0 Å². The average Bonchev–Trinajstić information content (AvgIpc) is 3.70. The number of ether oxygens (including phenoxy) is 1. The fraction of sp³-hybridized carbons (Fsp3) is 0.500. The number of amides is 1. The van der Waals surface area contributed by atoms with E-state index in [-0.39, 0.29) is 5.91 Å². The smallest absolute Gasteiger partial charge is 0.257 e. The number of hydrogen-bond acceptors (Lipinski definition) is 6. The van der Waals surface area contributed by atoms with Crippen molar-refractivity contribution >= 4 is 5.91 Å². The third-order valence-corrected chi connectivity index (χ3v) is 7.89. The van der Waals surface area contributed by atoms with Gasteiger partial charge in [0.1, 0.15) is 5.75 Å². The molecular weight excluding hydrogens is 452 g/mol. The van der Waals surface area contributed by atoms with Crippen LogP contribution in [0.2, 0.25) is 0 Å². The second-order valence-corrected chi connectivity index (χ2v) is 10.2. The van der Waals surface area contributed by atoms with Crippen molar-refractivity contribution in [3.05, 3.63) is 54.0 Å². The first-order chi connectivity index (χ1) is 17.7. The van der Waals surface area contributed by atoms with Gasteiger partial charge < -0.3 is 9.64 Å². The SMILES string of the molecule is COc1cccc(-c2ccnc(-n3ncc(C(=O)N4CCN(C5CCCCC5)CC4)c3C3CC3)n2)c1. The molecule has 3 aromatic rings. The van der Waals surface area contributed by atoms with Gasteiger partial charge in [-0.25, -0.2) is 14.6 Å². The highest BCUT2D eigenvalue weighted by atomic mass is 16.5. The van der Waals surface area contributed by atoms with Crippen LogP contribution in [0.25, 0.3) is 17.2 Å². The Morgan fingerprint density at radius 1 is 1.00 bits per heavy atom.